The van der Waals surface area contributed by atoms with Crippen LogP contribution in [0.3, 0.4) is 0 Å². The molecular formula is C11H20N2O2S. The predicted octanol–water partition coefficient (Wildman–Crippen LogP) is 0.936. The first-order chi connectivity index (χ1) is 7.40. The Balaban J connectivity index is 2.55. The molecular weight excluding hydrogens is 224 g/mol. The Morgan fingerprint density at radius 3 is 2.38 bits per heavy atom. The van der Waals surface area contributed by atoms with Crippen LogP contribution in [0.4, 0.5) is 0 Å². The topological polar surface area (TPSA) is 55.6 Å². The summed E-state index contributed by atoms with van der Waals surface area (Å²) < 4.78 is 4.73. The number of nitrogens with zero attached hydrogens (tertiary/aromatic N) is 1. The molecule has 2 N–H and O–H groups in total. The Morgan fingerprint density at radius 1 is 1.50 bits per heavy atom. The van der Waals surface area contributed by atoms with E-state index in [0.29, 0.717) is 4.99 Å². The van der Waals surface area contributed by atoms with E-state index in [9.17, 15) is 4.79 Å². The molecule has 1 aliphatic heterocycles. The van der Waals surface area contributed by atoms with E-state index in [1.54, 1.807) is 0 Å². The van der Waals surface area contributed by atoms with Gasteiger partial charge in [0.25, 0.3) is 0 Å². The fourth-order valence-corrected chi connectivity index (χ4v) is 2.17. The fourth-order valence-electron chi connectivity index (χ4n) is 1.97. The highest BCUT2D eigenvalue weighted by Gasteiger charge is 2.35. The van der Waals surface area contributed by atoms with Gasteiger partial charge in [0.1, 0.15) is 6.04 Å². The number of hydrogen-bond acceptors (Lipinski definition) is 4. The van der Waals surface area contributed by atoms with Gasteiger partial charge in [-0.15, -0.1) is 0 Å². The van der Waals surface area contributed by atoms with Crippen LogP contribution < -0.4 is 5.73 Å². The molecule has 16 heavy (non-hydrogen) atoms. The lowest BCUT2D eigenvalue weighted by molar-refractivity contribution is -0.147. The summed E-state index contributed by atoms with van der Waals surface area (Å²) in [4.78, 5) is 14.1. The van der Waals surface area contributed by atoms with Crippen LogP contribution in [0.15, 0.2) is 0 Å². The van der Waals surface area contributed by atoms with Gasteiger partial charge in [-0.25, -0.2) is 0 Å². The Morgan fingerprint density at radius 2 is 2.00 bits per heavy atom. The van der Waals surface area contributed by atoms with Gasteiger partial charge in [-0.05, 0) is 32.9 Å². The second-order valence-electron chi connectivity index (χ2n) is 4.66. The first-order valence-corrected chi connectivity index (χ1v) is 5.93. The maximum Gasteiger partial charge on any atom is 0.322 e. The molecule has 92 valence electrons. The van der Waals surface area contributed by atoms with Crippen molar-refractivity contribution in [3.63, 3.8) is 0 Å². The van der Waals surface area contributed by atoms with Crippen molar-refractivity contribution in [3.05, 3.63) is 0 Å². The number of likely N-dealkylation sites (tertiary alicyclic amines) is 1. The van der Waals surface area contributed by atoms with Crippen molar-refractivity contribution in [2.24, 2.45) is 11.1 Å². The summed E-state index contributed by atoms with van der Waals surface area (Å²) in [6.07, 6.45) is 1.81. The Hall–Kier alpha value is -0.680. The molecule has 1 saturated heterocycles. The molecule has 0 aromatic heterocycles. The molecule has 0 amide bonds. The normalized spacial score (nSPS) is 22.4. The lowest BCUT2D eigenvalue weighted by Gasteiger charge is -2.40. The second-order valence-corrected chi connectivity index (χ2v) is 5.10. The van der Waals surface area contributed by atoms with Crippen LogP contribution in [-0.2, 0) is 9.53 Å². The third-order valence-electron chi connectivity index (χ3n) is 3.59. The van der Waals surface area contributed by atoms with Crippen molar-refractivity contribution in [1.29, 1.82) is 0 Å². The molecule has 1 fully saturated rings. The zero-order valence-electron chi connectivity index (χ0n) is 10.2. The summed E-state index contributed by atoms with van der Waals surface area (Å²) in [6.45, 7) is 5.64. The van der Waals surface area contributed by atoms with E-state index < -0.39 is 0 Å². The smallest absolute Gasteiger partial charge is 0.322 e. The fraction of sp³-hybridized carbons (Fsp3) is 0.818. The quantitative estimate of drug-likeness (QED) is 0.591. The number of rotatable bonds is 3. The first-order valence-electron chi connectivity index (χ1n) is 5.52. The first kappa shape index (κ1) is 13.4. The molecule has 0 radical (unpaired) electrons. The van der Waals surface area contributed by atoms with Crippen molar-refractivity contribution in [3.8, 4) is 0 Å². The molecule has 1 atom stereocenters. The van der Waals surface area contributed by atoms with E-state index in [0.717, 1.165) is 25.9 Å². The minimum absolute atomic E-state index is 0.0539. The zero-order valence-corrected chi connectivity index (χ0v) is 11.0. The largest absolute Gasteiger partial charge is 0.468 e. The van der Waals surface area contributed by atoms with Crippen LogP contribution in [-0.4, -0.2) is 42.1 Å². The Kier molecular flexibility index (Phi) is 4.27. The highest BCUT2D eigenvalue weighted by Crippen LogP contribution is 2.31. The second kappa shape index (κ2) is 5.10. The molecule has 0 aliphatic carbocycles. The maximum absolute atomic E-state index is 11.4. The van der Waals surface area contributed by atoms with Gasteiger partial charge < -0.3 is 10.5 Å². The summed E-state index contributed by atoms with van der Waals surface area (Å²) in [5.74, 6) is -0.182. The molecule has 1 rings (SSSR count). The lowest BCUT2D eigenvalue weighted by Crippen LogP contribution is -2.49. The van der Waals surface area contributed by atoms with E-state index in [2.05, 4.69) is 11.8 Å². The van der Waals surface area contributed by atoms with Gasteiger partial charge in [0.05, 0.1) is 12.1 Å². The standard InChI is InChI=1S/C11H20N2O2S/c1-8(9(14)15-3)13-6-4-11(2,5-7-13)10(12)16/h8H,4-7H2,1-3H3,(H2,12,16). The number of nitrogens with two attached hydrogens (primary N) is 1. The molecule has 4 nitrogen and oxygen atoms in total. The summed E-state index contributed by atoms with van der Waals surface area (Å²) in [7, 11) is 1.42. The third kappa shape index (κ3) is 2.71. The summed E-state index contributed by atoms with van der Waals surface area (Å²) >= 11 is 5.08. The average molecular weight is 244 g/mol. The van der Waals surface area contributed by atoms with Crippen LogP contribution in [0.5, 0.6) is 0 Å². The number of ether oxygens (including phenoxy) is 1. The lowest BCUT2D eigenvalue weighted by atomic mass is 9.80. The van der Waals surface area contributed by atoms with E-state index >= 15 is 0 Å². The van der Waals surface area contributed by atoms with E-state index in [1.807, 2.05) is 6.92 Å². The summed E-state index contributed by atoms with van der Waals surface area (Å²) in [6, 6.07) is -0.180. The van der Waals surface area contributed by atoms with Crippen molar-refractivity contribution in [2.75, 3.05) is 20.2 Å². The summed E-state index contributed by atoms with van der Waals surface area (Å²) in [5, 5.41) is 0. The van der Waals surface area contributed by atoms with Crippen LogP contribution in [0.2, 0.25) is 0 Å². The zero-order chi connectivity index (χ0) is 12.3. The summed E-state index contributed by atoms with van der Waals surface area (Å²) in [5.41, 5.74) is 5.68. The molecule has 5 heteroatoms. The van der Waals surface area contributed by atoms with Gasteiger partial charge in [-0.3, -0.25) is 9.69 Å². The Bertz CT molecular complexity index is 286. The van der Waals surface area contributed by atoms with E-state index in [4.69, 9.17) is 22.7 Å². The third-order valence-corrected chi connectivity index (χ3v) is 4.08. The minimum Gasteiger partial charge on any atom is -0.468 e. The Labute approximate surface area is 102 Å². The molecule has 0 aromatic rings. The van der Waals surface area contributed by atoms with Crippen LogP contribution in [0.25, 0.3) is 0 Å². The molecule has 0 saturated carbocycles. The highest BCUT2D eigenvalue weighted by atomic mass is 32.1. The van der Waals surface area contributed by atoms with Crippen LogP contribution >= 0.6 is 12.2 Å². The number of carbonyl (C=O) groups excluding carboxylic acids is 1. The number of carbonyl (C=O) groups is 1. The molecule has 1 heterocycles. The van der Waals surface area contributed by atoms with Crippen molar-refractivity contribution >= 4 is 23.2 Å². The van der Waals surface area contributed by atoms with Gasteiger partial charge in [-0.1, -0.05) is 19.1 Å². The van der Waals surface area contributed by atoms with Crippen molar-refractivity contribution in [1.82, 2.24) is 4.90 Å². The molecule has 1 aliphatic rings. The van der Waals surface area contributed by atoms with Crippen LogP contribution in [0, 0.1) is 5.41 Å². The molecule has 0 bridgehead atoms. The maximum atomic E-state index is 11.4. The molecule has 0 aromatic carbocycles. The number of methoxy groups -OCH3 is 1. The van der Waals surface area contributed by atoms with Crippen LogP contribution in [0.1, 0.15) is 26.7 Å². The predicted molar refractivity (Wildman–Crippen MR) is 67.2 cm³/mol. The monoisotopic (exact) mass is 244 g/mol. The number of hydrogen-bond donors (Lipinski definition) is 1. The number of piperidine rings is 1. The van der Waals surface area contributed by atoms with E-state index in [1.165, 1.54) is 7.11 Å². The van der Waals surface area contributed by atoms with Crippen molar-refractivity contribution < 1.29 is 9.53 Å². The minimum atomic E-state index is -0.182. The van der Waals surface area contributed by atoms with Crippen molar-refractivity contribution in [2.45, 2.75) is 32.7 Å². The molecule has 1 unspecified atom stereocenters. The van der Waals surface area contributed by atoms with Gasteiger partial charge in [0.15, 0.2) is 0 Å². The number of thiocarbonyl (C=S) groups is 1. The SMILES string of the molecule is COC(=O)C(C)N1CCC(C)(C(N)=S)CC1. The highest BCUT2D eigenvalue weighted by molar-refractivity contribution is 7.80. The van der Waals surface area contributed by atoms with Gasteiger partial charge in [-0.2, -0.15) is 0 Å². The van der Waals surface area contributed by atoms with Gasteiger partial charge >= 0.3 is 5.97 Å². The van der Waals surface area contributed by atoms with Gasteiger partial charge in [0, 0.05) is 5.41 Å². The average Bonchev–Trinajstić information content (AvgIpc) is 2.28. The van der Waals surface area contributed by atoms with Gasteiger partial charge in [0.2, 0.25) is 0 Å². The van der Waals surface area contributed by atoms with E-state index in [-0.39, 0.29) is 17.4 Å². The molecule has 0 spiro atoms. The number of esters is 1.